The summed E-state index contributed by atoms with van der Waals surface area (Å²) in [7, 11) is 1.96. The molecule has 0 bridgehead atoms. The minimum atomic E-state index is 0.0470. The van der Waals surface area contributed by atoms with Gasteiger partial charge in [-0.15, -0.1) is 11.8 Å². The smallest absolute Gasteiger partial charge is 0.133 e. The first-order chi connectivity index (χ1) is 9.74. The summed E-state index contributed by atoms with van der Waals surface area (Å²) in [6.45, 7) is 0. The van der Waals surface area contributed by atoms with E-state index < -0.39 is 0 Å². The van der Waals surface area contributed by atoms with Crippen LogP contribution in [0, 0.1) is 0 Å². The van der Waals surface area contributed by atoms with Crippen LogP contribution in [0.2, 0.25) is 0 Å². The van der Waals surface area contributed by atoms with E-state index in [4.69, 9.17) is 10.5 Å². The van der Waals surface area contributed by atoms with Gasteiger partial charge < -0.3 is 10.5 Å². The van der Waals surface area contributed by atoms with Gasteiger partial charge in [-0.3, -0.25) is 4.68 Å². The molecule has 0 amide bonds. The average molecular weight is 289 g/mol. The van der Waals surface area contributed by atoms with Crippen molar-refractivity contribution in [1.82, 2.24) is 9.78 Å². The van der Waals surface area contributed by atoms with Crippen molar-refractivity contribution in [2.45, 2.75) is 29.9 Å². The maximum atomic E-state index is 6.30. The van der Waals surface area contributed by atoms with Crippen LogP contribution in [0.25, 0.3) is 0 Å². The Bertz CT molecular complexity index is 584. The van der Waals surface area contributed by atoms with Crippen LogP contribution in [0.3, 0.4) is 0 Å². The first-order valence-corrected chi connectivity index (χ1v) is 7.83. The van der Waals surface area contributed by atoms with Crippen LogP contribution in [0.4, 0.5) is 0 Å². The lowest BCUT2D eigenvalue weighted by atomic mass is 10.1. The molecule has 0 spiro atoms. The fourth-order valence-corrected chi connectivity index (χ4v) is 3.49. The van der Waals surface area contributed by atoms with E-state index in [1.807, 2.05) is 54.0 Å². The molecule has 0 saturated heterocycles. The van der Waals surface area contributed by atoms with Crippen molar-refractivity contribution in [2.24, 2.45) is 12.8 Å². The van der Waals surface area contributed by atoms with Gasteiger partial charge in [-0.1, -0.05) is 12.1 Å². The second-order valence-corrected chi connectivity index (χ2v) is 6.12. The Morgan fingerprint density at radius 1 is 1.45 bits per heavy atom. The SMILES string of the molecule is Cn1nccc1CCC(N)C1CSc2ccccc2O1. The van der Waals surface area contributed by atoms with Crippen molar-refractivity contribution in [2.75, 3.05) is 5.75 Å². The van der Waals surface area contributed by atoms with E-state index in [0.717, 1.165) is 24.3 Å². The number of aromatic nitrogens is 2. The van der Waals surface area contributed by atoms with Crippen LogP contribution in [-0.4, -0.2) is 27.7 Å². The number of nitrogens with zero attached hydrogens (tertiary/aromatic N) is 2. The van der Waals surface area contributed by atoms with Gasteiger partial charge in [0.05, 0.1) is 0 Å². The molecule has 1 aliphatic heterocycles. The molecule has 2 atom stereocenters. The van der Waals surface area contributed by atoms with Gasteiger partial charge >= 0.3 is 0 Å². The van der Waals surface area contributed by atoms with Crippen LogP contribution in [0.5, 0.6) is 5.75 Å². The van der Waals surface area contributed by atoms with Crippen molar-refractivity contribution in [3.63, 3.8) is 0 Å². The standard InChI is InChI=1S/C15H19N3OS/c1-18-11(8-9-17-18)6-7-12(16)14-10-20-15-5-3-2-4-13(15)19-14/h2-5,8-9,12,14H,6-7,10,16H2,1H3. The summed E-state index contributed by atoms with van der Waals surface area (Å²) in [6, 6.07) is 10.2. The molecule has 3 rings (SSSR count). The third-order valence-corrected chi connectivity index (χ3v) is 4.81. The first-order valence-electron chi connectivity index (χ1n) is 6.85. The molecule has 0 aliphatic carbocycles. The molecule has 0 fully saturated rings. The fraction of sp³-hybridized carbons (Fsp3) is 0.400. The van der Waals surface area contributed by atoms with Crippen LogP contribution in [-0.2, 0) is 13.5 Å². The highest BCUT2D eigenvalue weighted by Gasteiger charge is 2.25. The van der Waals surface area contributed by atoms with Gasteiger partial charge in [-0.05, 0) is 31.0 Å². The second kappa shape index (κ2) is 5.89. The van der Waals surface area contributed by atoms with Crippen molar-refractivity contribution >= 4 is 11.8 Å². The summed E-state index contributed by atoms with van der Waals surface area (Å²) in [5, 5.41) is 4.18. The lowest BCUT2D eigenvalue weighted by Crippen LogP contribution is -2.42. The van der Waals surface area contributed by atoms with E-state index in [0.29, 0.717) is 0 Å². The normalized spacial score (nSPS) is 19.2. The second-order valence-electron chi connectivity index (χ2n) is 5.06. The average Bonchev–Trinajstić information content (AvgIpc) is 2.89. The van der Waals surface area contributed by atoms with Gasteiger partial charge in [0.2, 0.25) is 0 Å². The molecule has 1 aliphatic rings. The van der Waals surface area contributed by atoms with E-state index in [9.17, 15) is 0 Å². The molecule has 2 unspecified atom stereocenters. The number of nitrogens with two attached hydrogens (primary N) is 1. The number of ether oxygens (including phenoxy) is 1. The highest BCUT2D eigenvalue weighted by molar-refractivity contribution is 7.99. The lowest BCUT2D eigenvalue weighted by molar-refractivity contribution is 0.180. The van der Waals surface area contributed by atoms with E-state index in [2.05, 4.69) is 11.2 Å². The topological polar surface area (TPSA) is 53.1 Å². The van der Waals surface area contributed by atoms with Gasteiger partial charge in [0, 0.05) is 35.6 Å². The minimum absolute atomic E-state index is 0.0470. The Hall–Kier alpha value is -1.46. The maximum absolute atomic E-state index is 6.30. The number of hydrogen-bond donors (Lipinski definition) is 1. The van der Waals surface area contributed by atoms with Crippen molar-refractivity contribution in [1.29, 1.82) is 0 Å². The molecule has 106 valence electrons. The Kier molecular flexibility index (Phi) is 3.98. The number of aryl methyl sites for hydroxylation is 2. The molecule has 0 radical (unpaired) electrons. The van der Waals surface area contributed by atoms with Gasteiger partial charge in [0.15, 0.2) is 0 Å². The molecular formula is C15H19N3OS. The molecule has 20 heavy (non-hydrogen) atoms. The minimum Gasteiger partial charge on any atom is -0.487 e. The van der Waals surface area contributed by atoms with Crippen molar-refractivity contribution < 1.29 is 4.74 Å². The van der Waals surface area contributed by atoms with Gasteiger partial charge in [-0.25, -0.2) is 0 Å². The summed E-state index contributed by atoms with van der Waals surface area (Å²) < 4.78 is 7.93. The highest BCUT2D eigenvalue weighted by Crippen LogP contribution is 2.35. The summed E-state index contributed by atoms with van der Waals surface area (Å²) in [6.07, 6.45) is 3.75. The number of rotatable bonds is 4. The first kappa shape index (κ1) is 13.5. The van der Waals surface area contributed by atoms with Crippen LogP contribution in [0.15, 0.2) is 41.4 Å². The number of benzene rings is 1. The van der Waals surface area contributed by atoms with E-state index in [1.54, 1.807) is 0 Å². The monoisotopic (exact) mass is 289 g/mol. The van der Waals surface area contributed by atoms with Gasteiger partial charge in [0.25, 0.3) is 0 Å². The maximum Gasteiger partial charge on any atom is 0.133 e. The van der Waals surface area contributed by atoms with Gasteiger partial charge in [-0.2, -0.15) is 5.10 Å². The van der Waals surface area contributed by atoms with Crippen LogP contribution >= 0.6 is 11.8 Å². The molecule has 5 heteroatoms. The zero-order chi connectivity index (χ0) is 13.9. The Morgan fingerprint density at radius 2 is 2.30 bits per heavy atom. The summed E-state index contributed by atoms with van der Waals surface area (Å²) in [5.74, 6) is 1.88. The molecule has 1 aromatic carbocycles. The molecule has 4 nitrogen and oxygen atoms in total. The van der Waals surface area contributed by atoms with Crippen molar-refractivity contribution in [3.8, 4) is 5.75 Å². The molecule has 2 heterocycles. The summed E-state index contributed by atoms with van der Waals surface area (Å²) in [4.78, 5) is 1.21. The van der Waals surface area contributed by atoms with E-state index >= 15 is 0 Å². The number of thioether (sulfide) groups is 1. The number of hydrogen-bond acceptors (Lipinski definition) is 4. The molecule has 0 saturated carbocycles. The predicted molar refractivity (Wildman–Crippen MR) is 81.1 cm³/mol. The largest absolute Gasteiger partial charge is 0.487 e. The van der Waals surface area contributed by atoms with E-state index in [1.165, 1.54) is 10.6 Å². The zero-order valence-electron chi connectivity index (χ0n) is 11.5. The third-order valence-electron chi connectivity index (χ3n) is 3.66. The van der Waals surface area contributed by atoms with Crippen molar-refractivity contribution in [3.05, 3.63) is 42.2 Å². The zero-order valence-corrected chi connectivity index (χ0v) is 12.3. The van der Waals surface area contributed by atoms with E-state index in [-0.39, 0.29) is 12.1 Å². The quantitative estimate of drug-likeness (QED) is 0.938. The van der Waals surface area contributed by atoms with Gasteiger partial charge in [0.1, 0.15) is 11.9 Å². The summed E-state index contributed by atoms with van der Waals surface area (Å²) >= 11 is 1.83. The molecule has 2 aromatic rings. The number of para-hydroxylation sites is 1. The molecule has 1 aromatic heterocycles. The predicted octanol–water partition coefficient (Wildman–Crippen LogP) is 2.23. The molecule has 2 N–H and O–H groups in total. The fourth-order valence-electron chi connectivity index (χ4n) is 2.39. The van der Waals surface area contributed by atoms with Crippen LogP contribution in [0.1, 0.15) is 12.1 Å². The lowest BCUT2D eigenvalue weighted by Gasteiger charge is -2.29. The molecular weight excluding hydrogens is 270 g/mol. The Morgan fingerprint density at radius 3 is 3.10 bits per heavy atom. The summed E-state index contributed by atoms with van der Waals surface area (Å²) in [5.41, 5.74) is 7.52. The third kappa shape index (κ3) is 2.83. The highest BCUT2D eigenvalue weighted by atomic mass is 32.2. The van der Waals surface area contributed by atoms with Crippen LogP contribution < -0.4 is 10.5 Å². The number of fused-ring (bicyclic) bond motifs is 1. The Balaban J connectivity index is 1.59. The Labute approximate surface area is 123 Å².